The molecule has 4 rings (SSSR count). The van der Waals surface area contributed by atoms with Gasteiger partial charge in [-0.25, -0.2) is 13.6 Å². The highest BCUT2D eigenvalue weighted by atomic mass is 35.5. The van der Waals surface area contributed by atoms with Crippen LogP contribution in [0.15, 0.2) is 42.6 Å². The van der Waals surface area contributed by atoms with E-state index >= 15 is 0 Å². The average Bonchev–Trinajstić information content (AvgIpc) is 3.40. The Morgan fingerprint density at radius 2 is 1.97 bits per heavy atom. The standard InChI is InChI=1S/C25H22ClF4N3O4/c1-13(34)32-12-19(17-7-6-16(10-20(17)32)37-24(29)30)31-25(36)33-11-15(27)9-21(33)22(35)8-5-14-3-2-4-18(26)23(14)28/h2-4,6-7,10,12,15,21,24H,5,8-9,11H2,1H3,(H,31,36)/t15-,21+/m1/s1. The quantitative estimate of drug-likeness (QED) is 0.382. The highest BCUT2D eigenvalue weighted by Gasteiger charge is 2.39. The number of rotatable bonds is 7. The molecular weight excluding hydrogens is 518 g/mol. The Labute approximate surface area is 213 Å². The van der Waals surface area contributed by atoms with Crippen molar-refractivity contribution in [3.05, 3.63) is 59.0 Å². The van der Waals surface area contributed by atoms with E-state index < -0.39 is 42.4 Å². The Kier molecular flexibility index (Phi) is 7.72. The van der Waals surface area contributed by atoms with Gasteiger partial charge < -0.3 is 15.0 Å². The van der Waals surface area contributed by atoms with Crippen molar-refractivity contribution in [2.24, 2.45) is 0 Å². The van der Waals surface area contributed by atoms with Crippen LogP contribution in [0.2, 0.25) is 5.02 Å². The maximum absolute atomic E-state index is 14.3. The molecule has 2 atom stereocenters. The second-order valence-electron chi connectivity index (χ2n) is 8.60. The third-order valence-electron chi connectivity index (χ3n) is 6.14. The van der Waals surface area contributed by atoms with Gasteiger partial charge in [0.15, 0.2) is 5.78 Å². The smallest absolute Gasteiger partial charge is 0.387 e. The number of aromatic nitrogens is 1. The number of fused-ring (bicyclic) bond motifs is 1. The van der Waals surface area contributed by atoms with Crippen molar-refractivity contribution in [1.29, 1.82) is 0 Å². The van der Waals surface area contributed by atoms with Crippen molar-refractivity contribution in [2.45, 2.75) is 45.0 Å². The van der Waals surface area contributed by atoms with Crippen molar-refractivity contribution in [3.8, 4) is 5.75 Å². The number of nitrogens with one attached hydrogen (secondary N) is 1. The van der Waals surface area contributed by atoms with Gasteiger partial charge in [0, 0.05) is 37.4 Å². The number of urea groups is 1. The highest BCUT2D eigenvalue weighted by molar-refractivity contribution is 6.30. The SMILES string of the molecule is CC(=O)n1cc(NC(=O)N2C[C@H](F)C[C@H]2C(=O)CCc2cccc(Cl)c2F)c2ccc(OC(F)F)cc21. The molecule has 0 radical (unpaired) electrons. The third-order valence-corrected chi connectivity index (χ3v) is 6.43. The van der Waals surface area contributed by atoms with Crippen LogP contribution in [0, 0.1) is 5.82 Å². The van der Waals surface area contributed by atoms with E-state index in [1.54, 1.807) is 6.07 Å². The number of carbonyl (C=O) groups is 3. The van der Waals surface area contributed by atoms with Crippen LogP contribution >= 0.6 is 11.6 Å². The van der Waals surface area contributed by atoms with Gasteiger partial charge in [0.1, 0.15) is 17.7 Å². The van der Waals surface area contributed by atoms with Crippen molar-refractivity contribution < 1.29 is 36.7 Å². The molecule has 37 heavy (non-hydrogen) atoms. The Morgan fingerprint density at radius 1 is 1.22 bits per heavy atom. The van der Waals surface area contributed by atoms with Crippen LogP contribution in [-0.4, -0.2) is 52.6 Å². The molecule has 2 amide bonds. The largest absolute Gasteiger partial charge is 0.435 e. The van der Waals surface area contributed by atoms with Gasteiger partial charge >= 0.3 is 12.6 Å². The monoisotopic (exact) mass is 539 g/mol. The number of likely N-dealkylation sites (tertiary alicyclic amines) is 1. The number of ether oxygens (including phenoxy) is 1. The summed E-state index contributed by atoms with van der Waals surface area (Å²) < 4.78 is 59.2. The van der Waals surface area contributed by atoms with Gasteiger partial charge in [0.25, 0.3) is 0 Å². The molecule has 2 heterocycles. The molecule has 12 heteroatoms. The van der Waals surface area contributed by atoms with Crippen molar-refractivity contribution in [3.63, 3.8) is 0 Å². The lowest BCUT2D eigenvalue weighted by atomic mass is 10.0. The highest BCUT2D eigenvalue weighted by Crippen LogP contribution is 2.31. The van der Waals surface area contributed by atoms with E-state index in [0.717, 1.165) is 9.47 Å². The van der Waals surface area contributed by atoms with Gasteiger partial charge in [0.2, 0.25) is 5.91 Å². The van der Waals surface area contributed by atoms with Gasteiger partial charge in [-0.1, -0.05) is 23.7 Å². The lowest BCUT2D eigenvalue weighted by molar-refractivity contribution is -0.122. The molecule has 0 unspecified atom stereocenters. The summed E-state index contributed by atoms with van der Waals surface area (Å²) in [6.45, 7) is -2.14. The molecule has 1 fully saturated rings. The summed E-state index contributed by atoms with van der Waals surface area (Å²) in [4.78, 5) is 39.1. The fraction of sp³-hybridized carbons (Fsp3) is 0.320. The van der Waals surface area contributed by atoms with Crippen LogP contribution in [0.3, 0.4) is 0 Å². The number of anilines is 1. The number of hydrogen-bond acceptors (Lipinski definition) is 4. The summed E-state index contributed by atoms with van der Waals surface area (Å²) in [5.74, 6) is -1.70. The summed E-state index contributed by atoms with van der Waals surface area (Å²) in [6.07, 6.45) is -0.430. The molecule has 196 valence electrons. The summed E-state index contributed by atoms with van der Waals surface area (Å²) in [7, 11) is 0. The number of nitrogens with zero attached hydrogens (tertiary/aromatic N) is 2. The Balaban J connectivity index is 1.52. The number of halogens is 5. The molecule has 0 saturated carbocycles. The number of ketones is 1. The second-order valence-corrected chi connectivity index (χ2v) is 9.01. The molecule has 1 aromatic heterocycles. The summed E-state index contributed by atoms with van der Waals surface area (Å²) in [6, 6.07) is 6.47. The molecule has 0 spiro atoms. The first kappa shape index (κ1) is 26.5. The molecule has 1 N–H and O–H groups in total. The Bertz CT molecular complexity index is 1360. The predicted octanol–water partition coefficient (Wildman–Crippen LogP) is 5.84. The van der Waals surface area contributed by atoms with Crippen LogP contribution < -0.4 is 10.1 Å². The molecule has 3 aromatic rings. The molecule has 0 aliphatic carbocycles. The van der Waals surface area contributed by atoms with Gasteiger partial charge in [-0.05, 0) is 30.2 Å². The maximum Gasteiger partial charge on any atom is 0.387 e. The van der Waals surface area contributed by atoms with E-state index in [0.29, 0.717) is 5.39 Å². The lowest BCUT2D eigenvalue weighted by Gasteiger charge is -2.23. The third kappa shape index (κ3) is 5.71. The number of alkyl halides is 3. The van der Waals surface area contributed by atoms with Crippen molar-refractivity contribution in [2.75, 3.05) is 11.9 Å². The molecule has 1 aliphatic heterocycles. The van der Waals surface area contributed by atoms with E-state index in [4.69, 9.17) is 11.6 Å². The summed E-state index contributed by atoms with van der Waals surface area (Å²) in [5.41, 5.74) is 0.606. The van der Waals surface area contributed by atoms with E-state index in [1.807, 2.05) is 0 Å². The Morgan fingerprint density at radius 3 is 2.68 bits per heavy atom. The zero-order chi connectivity index (χ0) is 26.9. The van der Waals surface area contributed by atoms with Gasteiger partial charge in [-0.15, -0.1) is 0 Å². The first-order chi connectivity index (χ1) is 17.5. The van der Waals surface area contributed by atoms with Gasteiger partial charge in [-0.2, -0.15) is 8.78 Å². The number of Topliss-reactive ketones (excluding diaryl/α,β-unsaturated/α-hetero) is 1. The fourth-order valence-corrected chi connectivity index (χ4v) is 4.60. The second kappa shape index (κ2) is 10.8. The number of carbonyl (C=O) groups excluding carboxylic acids is 3. The zero-order valence-corrected chi connectivity index (χ0v) is 20.3. The first-order valence-corrected chi connectivity index (χ1v) is 11.7. The van der Waals surface area contributed by atoms with Gasteiger partial charge in [-0.3, -0.25) is 14.2 Å². The van der Waals surface area contributed by atoms with Crippen LogP contribution in [0.25, 0.3) is 10.9 Å². The minimum atomic E-state index is -3.06. The average molecular weight is 540 g/mol. The minimum Gasteiger partial charge on any atom is -0.435 e. The normalized spacial score (nSPS) is 17.4. The van der Waals surface area contributed by atoms with Crippen molar-refractivity contribution in [1.82, 2.24) is 9.47 Å². The van der Waals surface area contributed by atoms with E-state index in [-0.39, 0.29) is 53.3 Å². The van der Waals surface area contributed by atoms with E-state index in [1.165, 1.54) is 43.5 Å². The maximum atomic E-state index is 14.3. The van der Waals surface area contributed by atoms with Crippen LogP contribution in [-0.2, 0) is 11.2 Å². The molecule has 0 bridgehead atoms. The van der Waals surface area contributed by atoms with E-state index in [2.05, 4.69) is 10.1 Å². The number of aryl methyl sites for hydroxylation is 1. The number of amides is 2. The predicted molar refractivity (Wildman–Crippen MR) is 129 cm³/mol. The first-order valence-electron chi connectivity index (χ1n) is 11.3. The summed E-state index contributed by atoms with van der Waals surface area (Å²) in [5, 5.41) is 2.86. The lowest BCUT2D eigenvalue weighted by Crippen LogP contribution is -2.43. The minimum absolute atomic E-state index is 0.0310. The molecule has 2 aromatic carbocycles. The van der Waals surface area contributed by atoms with Crippen LogP contribution in [0.4, 0.5) is 28.0 Å². The Hall–Kier alpha value is -3.60. The number of hydrogen-bond donors (Lipinski definition) is 1. The number of benzene rings is 2. The molecule has 1 saturated heterocycles. The zero-order valence-electron chi connectivity index (χ0n) is 19.5. The molecular formula is C25H22ClF4N3O4. The topological polar surface area (TPSA) is 80.6 Å². The van der Waals surface area contributed by atoms with E-state index in [9.17, 15) is 31.9 Å². The van der Waals surface area contributed by atoms with Crippen molar-refractivity contribution >= 4 is 45.9 Å². The molecule has 7 nitrogen and oxygen atoms in total. The van der Waals surface area contributed by atoms with Crippen LogP contribution in [0.1, 0.15) is 30.1 Å². The summed E-state index contributed by atoms with van der Waals surface area (Å²) >= 11 is 5.78. The fourth-order valence-electron chi connectivity index (χ4n) is 4.41. The van der Waals surface area contributed by atoms with Gasteiger partial charge in [0.05, 0.1) is 28.8 Å². The van der Waals surface area contributed by atoms with Crippen LogP contribution in [0.5, 0.6) is 5.75 Å². The molecule has 1 aliphatic rings.